The fourth-order valence-corrected chi connectivity index (χ4v) is 2.62. The molecule has 4 heteroatoms. The minimum absolute atomic E-state index is 0.301. The molecule has 0 saturated heterocycles. The van der Waals surface area contributed by atoms with Crippen LogP contribution < -0.4 is 11.1 Å². The highest BCUT2D eigenvalue weighted by Gasteiger charge is 2.21. The predicted octanol–water partition coefficient (Wildman–Crippen LogP) is 1.74. The smallest absolute Gasteiger partial charge is 0.122 e. The summed E-state index contributed by atoms with van der Waals surface area (Å²) < 4.78 is 5.51. The van der Waals surface area contributed by atoms with E-state index >= 15 is 0 Å². The van der Waals surface area contributed by atoms with Gasteiger partial charge in [-0.25, -0.2) is 0 Å². The second-order valence-corrected chi connectivity index (χ2v) is 5.51. The molecule has 0 bridgehead atoms. The molecule has 1 aromatic heterocycles. The Morgan fingerprint density at radius 3 is 2.67 bits per heavy atom. The van der Waals surface area contributed by atoms with Crippen LogP contribution in [0, 0.1) is 0 Å². The van der Waals surface area contributed by atoms with E-state index in [4.69, 9.17) is 10.2 Å². The van der Waals surface area contributed by atoms with E-state index in [-0.39, 0.29) is 0 Å². The first-order valence-electron chi connectivity index (χ1n) is 6.85. The zero-order valence-corrected chi connectivity index (χ0v) is 11.4. The molecule has 102 valence electrons. The molecule has 3 N–H and O–H groups in total. The second-order valence-electron chi connectivity index (χ2n) is 5.51. The molecule has 0 spiro atoms. The van der Waals surface area contributed by atoms with Crippen LogP contribution in [0.1, 0.15) is 37.5 Å². The molecule has 1 saturated carbocycles. The minimum Gasteiger partial charge on any atom is -0.468 e. The Balaban J connectivity index is 1.83. The quantitative estimate of drug-likeness (QED) is 0.837. The van der Waals surface area contributed by atoms with Gasteiger partial charge < -0.3 is 15.5 Å². The van der Waals surface area contributed by atoms with Crippen molar-refractivity contribution < 1.29 is 4.42 Å². The standard InChI is InChI=1S/C14H25N3O/c1-17(2)13(14-4-3-9-18-14)10-16-12-7-5-11(15)6-8-12/h3-4,9,11-13,16H,5-8,10,15H2,1-2H3. The molecule has 0 amide bonds. The number of nitrogens with two attached hydrogens (primary N) is 1. The molecule has 1 aromatic rings. The average Bonchev–Trinajstić information content (AvgIpc) is 2.85. The lowest BCUT2D eigenvalue weighted by Gasteiger charge is -2.30. The monoisotopic (exact) mass is 251 g/mol. The fourth-order valence-electron chi connectivity index (χ4n) is 2.62. The summed E-state index contributed by atoms with van der Waals surface area (Å²) in [6, 6.07) is 5.32. The molecule has 0 aliphatic heterocycles. The van der Waals surface area contributed by atoms with Crippen molar-refractivity contribution in [3.05, 3.63) is 24.2 Å². The van der Waals surface area contributed by atoms with Gasteiger partial charge in [0.15, 0.2) is 0 Å². The van der Waals surface area contributed by atoms with Gasteiger partial charge in [-0.2, -0.15) is 0 Å². The lowest BCUT2D eigenvalue weighted by molar-refractivity contribution is 0.232. The summed E-state index contributed by atoms with van der Waals surface area (Å²) in [6.07, 6.45) is 6.42. The van der Waals surface area contributed by atoms with Crippen LogP contribution in [0.15, 0.2) is 22.8 Å². The van der Waals surface area contributed by atoms with Gasteiger partial charge in [-0.1, -0.05) is 0 Å². The Bertz CT molecular complexity index is 329. The number of hydrogen-bond acceptors (Lipinski definition) is 4. The van der Waals surface area contributed by atoms with Crippen molar-refractivity contribution in [3.63, 3.8) is 0 Å². The molecule has 1 heterocycles. The molecule has 0 aromatic carbocycles. The third kappa shape index (κ3) is 3.57. The van der Waals surface area contributed by atoms with Crippen molar-refractivity contribution in [3.8, 4) is 0 Å². The van der Waals surface area contributed by atoms with Crippen LogP contribution in [0.25, 0.3) is 0 Å². The maximum atomic E-state index is 5.93. The average molecular weight is 251 g/mol. The lowest BCUT2D eigenvalue weighted by atomic mass is 9.91. The summed E-state index contributed by atoms with van der Waals surface area (Å²) in [5.41, 5.74) is 5.93. The van der Waals surface area contributed by atoms with E-state index in [1.54, 1.807) is 6.26 Å². The molecular weight excluding hydrogens is 226 g/mol. The van der Waals surface area contributed by atoms with E-state index in [0.717, 1.165) is 25.1 Å². The van der Waals surface area contributed by atoms with Gasteiger partial charge in [0.2, 0.25) is 0 Å². The molecule has 1 aliphatic carbocycles. The van der Waals surface area contributed by atoms with E-state index in [1.807, 2.05) is 12.1 Å². The Morgan fingerprint density at radius 1 is 1.39 bits per heavy atom. The predicted molar refractivity (Wildman–Crippen MR) is 73.4 cm³/mol. The summed E-state index contributed by atoms with van der Waals surface area (Å²) in [7, 11) is 4.18. The van der Waals surface area contributed by atoms with Crippen molar-refractivity contribution in [2.24, 2.45) is 5.73 Å². The number of nitrogens with zero attached hydrogens (tertiary/aromatic N) is 1. The van der Waals surface area contributed by atoms with E-state index in [0.29, 0.717) is 18.1 Å². The van der Waals surface area contributed by atoms with Crippen LogP contribution >= 0.6 is 0 Å². The highest BCUT2D eigenvalue weighted by molar-refractivity contribution is 5.05. The van der Waals surface area contributed by atoms with Crippen molar-refractivity contribution in [1.29, 1.82) is 0 Å². The van der Waals surface area contributed by atoms with Gasteiger partial charge in [-0.15, -0.1) is 0 Å². The highest BCUT2D eigenvalue weighted by atomic mass is 16.3. The van der Waals surface area contributed by atoms with Crippen molar-refractivity contribution in [2.45, 2.75) is 43.8 Å². The van der Waals surface area contributed by atoms with Gasteiger partial charge in [0.05, 0.1) is 12.3 Å². The maximum Gasteiger partial charge on any atom is 0.122 e. The molecule has 1 atom stereocenters. The third-order valence-electron chi connectivity index (χ3n) is 3.87. The van der Waals surface area contributed by atoms with Crippen LogP contribution in [0.3, 0.4) is 0 Å². The molecule has 18 heavy (non-hydrogen) atoms. The Morgan fingerprint density at radius 2 is 2.11 bits per heavy atom. The Labute approximate surface area is 110 Å². The van der Waals surface area contributed by atoms with Gasteiger partial charge in [0, 0.05) is 18.6 Å². The summed E-state index contributed by atoms with van der Waals surface area (Å²) in [5.74, 6) is 1.03. The van der Waals surface area contributed by atoms with Gasteiger partial charge in [-0.3, -0.25) is 4.90 Å². The SMILES string of the molecule is CN(C)C(CNC1CCC(N)CC1)c1ccco1. The van der Waals surface area contributed by atoms with Gasteiger partial charge in [-0.05, 0) is 51.9 Å². The molecule has 1 unspecified atom stereocenters. The van der Waals surface area contributed by atoms with Gasteiger partial charge >= 0.3 is 0 Å². The topological polar surface area (TPSA) is 54.4 Å². The van der Waals surface area contributed by atoms with Crippen molar-refractivity contribution >= 4 is 0 Å². The molecule has 1 aliphatic rings. The summed E-state index contributed by atoms with van der Waals surface area (Å²) in [4.78, 5) is 2.19. The zero-order valence-electron chi connectivity index (χ0n) is 11.4. The van der Waals surface area contributed by atoms with Crippen LogP contribution in [0.2, 0.25) is 0 Å². The maximum absolute atomic E-state index is 5.93. The number of rotatable bonds is 5. The minimum atomic E-state index is 0.301. The second kappa shape index (κ2) is 6.36. The largest absolute Gasteiger partial charge is 0.468 e. The number of likely N-dealkylation sites (N-methyl/N-ethyl adjacent to an activating group) is 1. The fraction of sp³-hybridized carbons (Fsp3) is 0.714. The first-order chi connectivity index (χ1) is 8.66. The number of furan rings is 1. The lowest BCUT2D eigenvalue weighted by Crippen LogP contribution is -2.41. The molecule has 1 fully saturated rings. The number of hydrogen-bond donors (Lipinski definition) is 2. The van der Waals surface area contributed by atoms with Crippen molar-refractivity contribution in [1.82, 2.24) is 10.2 Å². The van der Waals surface area contributed by atoms with Crippen LogP contribution in [0.5, 0.6) is 0 Å². The van der Waals surface area contributed by atoms with Crippen molar-refractivity contribution in [2.75, 3.05) is 20.6 Å². The molecule has 2 rings (SSSR count). The highest BCUT2D eigenvalue weighted by Crippen LogP contribution is 2.20. The van der Waals surface area contributed by atoms with Crippen LogP contribution in [-0.4, -0.2) is 37.6 Å². The Hall–Kier alpha value is -0.840. The van der Waals surface area contributed by atoms with Gasteiger partial charge in [0.25, 0.3) is 0 Å². The summed E-state index contributed by atoms with van der Waals surface area (Å²) >= 11 is 0. The van der Waals surface area contributed by atoms with E-state index < -0.39 is 0 Å². The molecule has 0 radical (unpaired) electrons. The summed E-state index contributed by atoms with van der Waals surface area (Å²) in [5, 5.41) is 3.65. The first kappa shape index (κ1) is 13.6. The molecular formula is C14H25N3O. The van der Waals surface area contributed by atoms with E-state index in [1.165, 1.54) is 12.8 Å². The zero-order chi connectivity index (χ0) is 13.0. The summed E-state index contributed by atoms with van der Waals surface area (Å²) in [6.45, 7) is 0.931. The van der Waals surface area contributed by atoms with E-state index in [9.17, 15) is 0 Å². The van der Waals surface area contributed by atoms with Crippen LogP contribution in [-0.2, 0) is 0 Å². The van der Waals surface area contributed by atoms with Gasteiger partial charge in [0.1, 0.15) is 5.76 Å². The third-order valence-corrected chi connectivity index (χ3v) is 3.87. The van der Waals surface area contributed by atoms with E-state index in [2.05, 4.69) is 24.3 Å². The number of nitrogens with one attached hydrogen (secondary N) is 1. The molecule has 4 nitrogen and oxygen atoms in total. The normalized spacial score (nSPS) is 26.4. The Kier molecular flexibility index (Phi) is 4.80. The first-order valence-corrected chi connectivity index (χ1v) is 6.85. The van der Waals surface area contributed by atoms with Crippen LogP contribution in [0.4, 0.5) is 0 Å².